The number of hydrogen-bond acceptors (Lipinski definition) is 3. The molecule has 1 N–H and O–H groups in total. The smallest absolute Gasteiger partial charge is 0.406 e. The molecule has 0 aromatic rings. The molecule has 0 aromatic carbocycles. The summed E-state index contributed by atoms with van der Waals surface area (Å²) in [5.41, 5.74) is 0. The molecular weight excluding hydrogens is 295 g/mol. The minimum atomic E-state index is -4.73. The number of urea groups is 1. The van der Waals surface area contributed by atoms with Crippen LogP contribution >= 0.6 is 0 Å². The van der Waals surface area contributed by atoms with Gasteiger partial charge in [0, 0.05) is 20.6 Å². The Balaban J connectivity index is 5.04. The van der Waals surface area contributed by atoms with Crippen LogP contribution in [-0.2, 0) is 9.59 Å². The summed E-state index contributed by atoms with van der Waals surface area (Å²) in [5, 5.41) is 8.60. The first-order valence-corrected chi connectivity index (χ1v) is 6.00. The molecule has 0 aliphatic heterocycles. The van der Waals surface area contributed by atoms with Crippen molar-refractivity contribution in [1.29, 1.82) is 0 Å². The maximum absolute atomic E-state index is 12.4. The van der Waals surface area contributed by atoms with E-state index in [0.717, 1.165) is 4.90 Å². The normalized spacial score (nSPS) is 11.0. The number of carboxylic acid groups (broad SMARTS) is 1. The molecule has 0 aliphatic rings. The third kappa shape index (κ3) is 7.37. The lowest BCUT2D eigenvalue weighted by molar-refractivity contribution is -0.149. The average Bonchev–Trinajstić information content (AvgIpc) is 2.31. The predicted molar refractivity (Wildman–Crippen MR) is 66.6 cm³/mol. The molecule has 0 spiro atoms. The number of alkyl halides is 3. The highest BCUT2D eigenvalue weighted by Crippen LogP contribution is 2.17. The second-order valence-electron chi connectivity index (χ2n) is 4.45. The van der Waals surface area contributed by atoms with E-state index in [4.69, 9.17) is 5.11 Å². The second-order valence-corrected chi connectivity index (χ2v) is 4.45. The zero-order chi connectivity index (χ0) is 16.8. The molecular formula is C11H18F3N3O4. The topological polar surface area (TPSA) is 81.2 Å². The number of rotatable bonds is 6. The molecule has 0 saturated heterocycles. The molecule has 0 heterocycles. The van der Waals surface area contributed by atoms with Crippen molar-refractivity contribution >= 4 is 17.9 Å². The maximum atomic E-state index is 12.4. The Morgan fingerprint density at radius 1 is 1.05 bits per heavy atom. The molecule has 0 aliphatic carbocycles. The van der Waals surface area contributed by atoms with Gasteiger partial charge in [0.25, 0.3) is 0 Å². The highest BCUT2D eigenvalue weighted by atomic mass is 19.4. The summed E-state index contributed by atoms with van der Waals surface area (Å²) in [6, 6.07) is -1.15. The summed E-state index contributed by atoms with van der Waals surface area (Å²) in [6.45, 7) is -1.74. The van der Waals surface area contributed by atoms with Crippen molar-refractivity contribution < 1.29 is 32.7 Å². The highest BCUT2D eigenvalue weighted by molar-refractivity contribution is 5.85. The lowest BCUT2D eigenvalue weighted by atomic mass is 10.4. The number of hydrogen-bond donors (Lipinski definition) is 1. The van der Waals surface area contributed by atoms with E-state index in [2.05, 4.69) is 0 Å². The molecule has 21 heavy (non-hydrogen) atoms. The summed E-state index contributed by atoms with van der Waals surface area (Å²) >= 11 is 0. The fourth-order valence-corrected chi connectivity index (χ4v) is 1.39. The number of halogens is 3. The number of likely N-dealkylation sites (N-methyl/N-ethyl adjacent to an activating group) is 2. The molecule has 0 aromatic heterocycles. The van der Waals surface area contributed by atoms with Gasteiger partial charge < -0.3 is 19.8 Å². The first kappa shape index (κ1) is 19.0. The predicted octanol–water partition coefficient (Wildman–Crippen LogP) is 0.465. The molecule has 0 atom stereocenters. The van der Waals surface area contributed by atoms with Crippen LogP contribution in [0.15, 0.2) is 0 Å². The van der Waals surface area contributed by atoms with Crippen molar-refractivity contribution in [3.8, 4) is 0 Å². The summed E-state index contributed by atoms with van der Waals surface area (Å²) in [5.74, 6) is -2.05. The van der Waals surface area contributed by atoms with Gasteiger partial charge in [-0.1, -0.05) is 0 Å². The zero-order valence-corrected chi connectivity index (χ0v) is 12.0. The maximum Gasteiger partial charge on any atom is 0.406 e. The highest BCUT2D eigenvalue weighted by Gasteiger charge is 2.35. The van der Waals surface area contributed by atoms with Crippen LogP contribution in [0.3, 0.4) is 0 Å². The van der Waals surface area contributed by atoms with Gasteiger partial charge >= 0.3 is 18.2 Å². The van der Waals surface area contributed by atoms with E-state index in [0.29, 0.717) is 0 Å². The molecule has 0 unspecified atom stereocenters. The van der Waals surface area contributed by atoms with E-state index in [-0.39, 0.29) is 11.4 Å². The minimum Gasteiger partial charge on any atom is -0.480 e. The third-order valence-corrected chi connectivity index (χ3v) is 2.44. The molecule has 7 nitrogen and oxygen atoms in total. The number of carbonyl (C=O) groups is 3. The summed E-state index contributed by atoms with van der Waals surface area (Å²) in [7, 11) is 2.87. The van der Waals surface area contributed by atoms with Crippen molar-refractivity contribution in [1.82, 2.24) is 14.7 Å². The van der Waals surface area contributed by atoms with Crippen molar-refractivity contribution in [2.24, 2.45) is 0 Å². The van der Waals surface area contributed by atoms with Crippen LogP contribution in [0.1, 0.15) is 6.92 Å². The molecule has 0 fully saturated rings. The standard InChI is InChI=1S/C11H18F3N3O4/c1-4-16(5-8(18)15(2)3)10(21)17(6-9(19)20)7-11(12,13)14/h4-7H2,1-3H3,(H,19,20). The molecule has 0 rings (SSSR count). The quantitative estimate of drug-likeness (QED) is 0.773. The monoisotopic (exact) mass is 313 g/mol. The fraction of sp³-hybridized carbons (Fsp3) is 0.727. The van der Waals surface area contributed by atoms with Crippen molar-refractivity contribution in [2.75, 3.05) is 40.3 Å². The van der Waals surface area contributed by atoms with Crippen LogP contribution in [-0.4, -0.2) is 84.2 Å². The Morgan fingerprint density at radius 2 is 1.57 bits per heavy atom. The van der Waals surface area contributed by atoms with Crippen LogP contribution in [0, 0.1) is 0 Å². The molecule has 0 saturated carbocycles. The van der Waals surface area contributed by atoms with Crippen LogP contribution in [0.2, 0.25) is 0 Å². The summed E-state index contributed by atoms with van der Waals surface area (Å²) in [6.07, 6.45) is -4.73. The average molecular weight is 313 g/mol. The molecule has 3 amide bonds. The van der Waals surface area contributed by atoms with Crippen LogP contribution in [0.4, 0.5) is 18.0 Å². The second kappa shape index (κ2) is 7.70. The van der Waals surface area contributed by atoms with Gasteiger partial charge in [0.2, 0.25) is 5.91 Å². The summed E-state index contributed by atoms with van der Waals surface area (Å²) in [4.78, 5) is 36.3. The Morgan fingerprint density at radius 3 is 1.90 bits per heavy atom. The molecule has 0 bridgehead atoms. The lowest BCUT2D eigenvalue weighted by Gasteiger charge is -2.29. The number of carbonyl (C=O) groups excluding carboxylic acids is 2. The van der Waals surface area contributed by atoms with E-state index in [1.54, 1.807) is 0 Å². The van der Waals surface area contributed by atoms with Crippen molar-refractivity contribution in [2.45, 2.75) is 13.1 Å². The third-order valence-electron chi connectivity index (χ3n) is 2.44. The SMILES string of the molecule is CCN(CC(=O)N(C)C)C(=O)N(CC(=O)O)CC(F)(F)F. The molecule has 0 radical (unpaired) electrons. The van der Waals surface area contributed by atoms with Crippen molar-refractivity contribution in [3.05, 3.63) is 0 Å². The molecule has 10 heteroatoms. The first-order valence-electron chi connectivity index (χ1n) is 6.00. The fourth-order valence-electron chi connectivity index (χ4n) is 1.39. The van der Waals surface area contributed by atoms with Gasteiger partial charge in [0.1, 0.15) is 19.6 Å². The Kier molecular flexibility index (Phi) is 6.96. The van der Waals surface area contributed by atoms with E-state index in [1.165, 1.54) is 25.9 Å². The molecule has 122 valence electrons. The Labute approximate surface area is 119 Å². The van der Waals surface area contributed by atoms with Gasteiger partial charge in [-0.25, -0.2) is 4.79 Å². The van der Waals surface area contributed by atoms with Crippen LogP contribution in [0.5, 0.6) is 0 Å². The van der Waals surface area contributed by atoms with Crippen molar-refractivity contribution in [3.63, 3.8) is 0 Å². The van der Waals surface area contributed by atoms with E-state index in [1.807, 2.05) is 0 Å². The number of carboxylic acids is 1. The first-order chi connectivity index (χ1) is 9.47. The van der Waals surface area contributed by atoms with Gasteiger partial charge in [-0.15, -0.1) is 0 Å². The number of amides is 3. The Bertz CT molecular complexity index is 399. The number of nitrogens with zero attached hydrogens (tertiary/aromatic N) is 3. The van der Waals surface area contributed by atoms with Gasteiger partial charge in [-0.05, 0) is 6.92 Å². The minimum absolute atomic E-state index is 0.0214. The van der Waals surface area contributed by atoms with Crippen LogP contribution in [0.25, 0.3) is 0 Å². The summed E-state index contributed by atoms with van der Waals surface area (Å²) < 4.78 is 37.2. The van der Waals surface area contributed by atoms with Gasteiger partial charge in [0.05, 0.1) is 0 Å². The number of aliphatic carboxylic acids is 1. The Hall–Kier alpha value is -2.00. The van der Waals surface area contributed by atoms with Gasteiger partial charge in [0.15, 0.2) is 0 Å². The van der Waals surface area contributed by atoms with Crippen LogP contribution < -0.4 is 0 Å². The largest absolute Gasteiger partial charge is 0.480 e. The van der Waals surface area contributed by atoms with E-state index >= 15 is 0 Å². The van der Waals surface area contributed by atoms with E-state index in [9.17, 15) is 27.6 Å². The lowest BCUT2D eigenvalue weighted by Crippen LogP contribution is -2.51. The van der Waals surface area contributed by atoms with Gasteiger partial charge in [-0.3, -0.25) is 9.59 Å². The van der Waals surface area contributed by atoms with Gasteiger partial charge in [-0.2, -0.15) is 13.2 Å². The van der Waals surface area contributed by atoms with E-state index < -0.39 is 43.7 Å². The zero-order valence-electron chi connectivity index (χ0n) is 12.0.